The third-order valence-electron chi connectivity index (χ3n) is 6.34. The van der Waals surface area contributed by atoms with E-state index < -0.39 is 16.8 Å². The first kappa shape index (κ1) is 27.0. The minimum atomic E-state index is -0.528. The minimum Gasteiger partial charge on any atom is -0.463 e. The lowest BCUT2D eigenvalue weighted by Gasteiger charge is -2.30. The van der Waals surface area contributed by atoms with E-state index in [4.69, 9.17) is 9.11 Å². The summed E-state index contributed by atoms with van der Waals surface area (Å²) in [5, 5.41) is 15.7. The van der Waals surface area contributed by atoms with Gasteiger partial charge in [-0.15, -0.1) is 0 Å². The number of nitro groups is 1. The number of nitro benzene ring substituents is 1. The molecule has 3 aromatic rings. The number of hydrogen-bond donors (Lipinski definition) is 1. The van der Waals surface area contributed by atoms with Crippen molar-refractivity contribution in [3.8, 4) is 0 Å². The molecule has 0 amide bonds. The summed E-state index contributed by atoms with van der Waals surface area (Å²) in [6, 6.07) is 16.8. The smallest absolute Gasteiger partial charge is 0.336 e. The zero-order valence-corrected chi connectivity index (χ0v) is 21.0. The number of hydrogen-bond acceptors (Lipinski definition) is 8. The molecule has 2 unspecified atom stereocenters. The van der Waals surface area contributed by atoms with Gasteiger partial charge in [-0.3, -0.25) is 15.0 Å². The van der Waals surface area contributed by atoms with Crippen molar-refractivity contribution >= 4 is 28.2 Å². The SMILES string of the molecule is C.CCOC(=O)C1=C(C)Nc2snc(CN(C)C(C)c3ccccc3)c2C1c1cccc([N+](=O)[O-])c1. The molecule has 1 N–H and O–H groups in total. The Morgan fingerprint density at radius 3 is 2.64 bits per heavy atom. The number of nitrogens with zero attached hydrogens (tertiary/aromatic N) is 3. The lowest BCUT2D eigenvalue weighted by atomic mass is 9.81. The Morgan fingerprint density at radius 2 is 1.97 bits per heavy atom. The zero-order valence-electron chi connectivity index (χ0n) is 20.1. The lowest BCUT2D eigenvalue weighted by Crippen LogP contribution is -2.26. The van der Waals surface area contributed by atoms with E-state index in [2.05, 4.69) is 29.3 Å². The van der Waals surface area contributed by atoms with Crippen molar-refractivity contribution in [3.63, 3.8) is 0 Å². The second-order valence-corrected chi connectivity index (χ2v) is 9.32. The van der Waals surface area contributed by atoms with Crippen molar-refractivity contribution in [1.82, 2.24) is 9.27 Å². The first-order chi connectivity index (χ1) is 16.8. The summed E-state index contributed by atoms with van der Waals surface area (Å²) in [5.74, 6) is -0.970. The number of nitrogens with one attached hydrogen (secondary N) is 1. The number of rotatable bonds is 8. The molecule has 36 heavy (non-hydrogen) atoms. The van der Waals surface area contributed by atoms with Crippen LogP contribution in [0.4, 0.5) is 10.7 Å². The van der Waals surface area contributed by atoms with Crippen LogP contribution < -0.4 is 5.32 Å². The molecular formula is C27H32N4O4S. The molecule has 0 radical (unpaired) electrons. The Labute approximate surface area is 215 Å². The monoisotopic (exact) mass is 508 g/mol. The molecule has 2 heterocycles. The molecule has 4 rings (SSSR count). The van der Waals surface area contributed by atoms with Crippen LogP contribution in [-0.4, -0.2) is 33.8 Å². The predicted molar refractivity (Wildman–Crippen MR) is 143 cm³/mol. The number of benzene rings is 2. The van der Waals surface area contributed by atoms with Crippen LogP contribution in [0.5, 0.6) is 0 Å². The molecule has 1 aromatic heterocycles. The molecule has 0 bridgehead atoms. The van der Waals surface area contributed by atoms with Crippen LogP contribution in [0.25, 0.3) is 0 Å². The molecule has 190 valence electrons. The molecular weight excluding hydrogens is 476 g/mol. The number of ether oxygens (including phenoxy) is 1. The fourth-order valence-corrected chi connectivity index (χ4v) is 5.31. The quantitative estimate of drug-likeness (QED) is 0.217. The molecule has 8 nitrogen and oxygen atoms in total. The number of esters is 1. The Hall–Kier alpha value is -3.56. The molecule has 0 saturated heterocycles. The highest BCUT2D eigenvalue weighted by molar-refractivity contribution is 7.10. The van der Waals surface area contributed by atoms with Crippen LogP contribution in [0.15, 0.2) is 65.9 Å². The Kier molecular flexibility index (Phi) is 8.60. The maximum Gasteiger partial charge on any atom is 0.336 e. The van der Waals surface area contributed by atoms with E-state index in [-0.39, 0.29) is 25.8 Å². The van der Waals surface area contributed by atoms with Gasteiger partial charge in [-0.1, -0.05) is 49.9 Å². The average Bonchev–Trinajstić information content (AvgIpc) is 3.25. The van der Waals surface area contributed by atoms with Gasteiger partial charge < -0.3 is 10.1 Å². The molecule has 0 fully saturated rings. The summed E-state index contributed by atoms with van der Waals surface area (Å²) in [6.45, 7) is 6.50. The number of anilines is 1. The highest BCUT2D eigenvalue weighted by atomic mass is 32.1. The van der Waals surface area contributed by atoms with Crippen LogP contribution in [0, 0.1) is 10.1 Å². The maximum atomic E-state index is 13.1. The highest BCUT2D eigenvalue weighted by Crippen LogP contribution is 2.46. The topological polar surface area (TPSA) is 97.6 Å². The van der Waals surface area contributed by atoms with Crippen LogP contribution in [0.3, 0.4) is 0 Å². The van der Waals surface area contributed by atoms with Crippen LogP contribution in [0.1, 0.15) is 62.5 Å². The largest absolute Gasteiger partial charge is 0.463 e. The Bertz CT molecular complexity index is 1270. The van der Waals surface area contributed by atoms with Gasteiger partial charge in [0.05, 0.1) is 22.8 Å². The second kappa shape index (κ2) is 11.5. The van der Waals surface area contributed by atoms with Crippen molar-refractivity contribution < 1.29 is 14.5 Å². The number of carbonyl (C=O) groups excluding carboxylic acids is 1. The van der Waals surface area contributed by atoms with Gasteiger partial charge in [-0.05, 0) is 50.5 Å². The van der Waals surface area contributed by atoms with Gasteiger partial charge in [-0.2, -0.15) is 4.37 Å². The molecule has 1 aliphatic heterocycles. The third-order valence-corrected chi connectivity index (χ3v) is 7.15. The minimum absolute atomic E-state index is 0. The first-order valence-corrected chi connectivity index (χ1v) is 12.2. The van der Waals surface area contributed by atoms with E-state index in [1.54, 1.807) is 13.0 Å². The van der Waals surface area contributed by atoms with Crippen molar-refractivity contribution in [2.24, 2.45) is 0 Å². The molecule has 2 atom stereocenters. The van der Waals surface area contributed by atoms with E-state index in [0.717, 1.165) is 16.3 Å². The van der Waals surface area contributed by atoms with Crippen molar-refractivity contribution in [1.29, 1.82) is 0 Å². The number of allylic oxidation sites excluding steroid dienone is 1. The Morgan fingerprint density at radius 1 is 1.25 bits per heavy atom. The summed E-state index contributed by atoms with van der Waals surface area (Å²) < 4.78 is 10.1. The second-order valence-electron chi connectivity index (χ2n) is 8.54. The molecule has 1 aliphatic rings. The van der Waals surface area contributed by atoms with Gasteiger partial charge in [0.1, 0.15) is 5.00 Å². The predicted octanol–water partition coefficient (Wildman–Crippen LogP) is 6.27. The molecule has 0 aliphatic carbocycles. The van der Waals surface area contributed by atoms with E-state index in [1.165, 1.54) is 29.2 Å². The van der Waals surface area contributed by atoms with Gasteiger partial charge in [0.15, 0.2) is 0 Å². The molecule has 2 aromatic carbocycles. The van der Waals surface area contributed by atoms with E-state index in [9.17, 15) is 14.9 Å². The van der Waals surface area contributed by atoms with Gasteiger partial charge >= 0.3 is 5.97 Å². The third kappa shape index (κ3) is 5.32. The summed E-state index contributed by atoms with van der Waals surface area (Å²) in [4.78, 5) is 26.4. The molecule has 0 spiro atoms. The number of aromatic nitrogens is 1. The summed E-state index contributed by atoms with van der Waals surface area (Å²) >= 11 is 1.33. The van der Waals surface area contributed by atoms with Gasteiger partial charge in [0.2, 0.25) is 0 Å². The zero-order chi connectivity index (χ0) is 25.1. The van der Waals surface area contributed by atoms with Crippen LogP contribution in [0.2, 0.25) is 0 Å². The summed E-state index contributed by atoms with van der Waals surface area (Å²) in [6.07, 6.45) is 0. The van der Waals surface area contributed by atoms with E-state index >= 15 is 0 Å². The Balaban J connectivity index is 0.00000361. The summed E-state index contributed by atoms with van der Waals surface area (Å²) in [5.41, 5.74) is 4.61. The first-order valence-electron chi connectivity index (χ1n) is 11.4. The van der Waals surface area contributed by atoms with Crippen molar-refractivity contribution in [2.45, 2.75) is 46.7 Å². The lowest BCUT2D eigenvalue weighted by molar-refractivity contribution is -0.384. The fraction of sp³-hybridized carbons (Fsp3) is 0.333. The van der Waals surface area contributed by atoms with E-state index in [1.807, 2.05) is 38.2 Å². The van der Waals surface area contributed by atoms with Crippen LogP contribution >= 0.6 is 11.5 Å². The van der Waals surface area contributed by atoms with Crippen molar-refractivity contribution in [2.75, 3.05) is 19.0 Å². The number of non-ortho nitro benzene ring substituents is 1. The average molecular weight is 509 g/mol. The standard InChI is InChI=1S/C26H28N4O4S.CH4/c1-5-34-26(31)22-16(2)27-25-24(23(22)19-12-9-13-20(14-19)30(32)33)21(28-35-25)15-29(4)17(3)18-10-7-6-8-11-18;/h6-14,17,23,27H,5,15H2,1-4H3;1H4. The van der Waals surface area contributed by atoms with Gasteiger partial charge in [-0.25, -0.2) is 4.79 Å². The molecule has 9 heteroatoms. The highest BCUT2D eigenvalue weighted by Gasteiger charge is 2.37. The van der Waals surface area contributed by atoms with Gasteiger partial charge in [0, 0.05) is 41.9 Å². The number of carbonyl (C=O) groups is 1. The number of fused-ring (bicyclic) bond motifs is 1. The van der Waals surface area contributed by atoms with E-state index in [0.29, 0.717) is 23.4 Å². The maximum absolute atomic E-state index is 13.1. The molecule has 0 saturated carbocycles. The summed E-state index contributed by atoms with van der Waals surface area (Å²) in [7, 11) is 2.04. The fourth-order valence-electron chi connectivity index (χ4n) is 4.42. The normalized spacial score (nSPS) is 15.5. The van der Waals surface area contributed by atoms with Crippen molar-refractivity contribution in [3.05, 3.63) is 98.4 Å². The van der Waals surface area contributed by atoms with Gasteiger partial charge in [0.25, 0.3) is 5.69 Å². The van der Waals surface area contributed by atoms with Crippen LogP contribution in [-0.2, 0) is 16.1 Å².